The number of thioether (sulfide) groups is 1. The fourth-order valence-corrected chi connectivity index (χ4v) is 10.6. The van der Waals surface area contributed by atoms with E-state index in [0.717, 1.165) is 33.2 Å². The molecule has 1 saturated heterocycles. The van der Waals surface area contributed by atoms with Crippen LogP contribution in [0.5, 0.6) is 17.2 Å². The number of methoxy groups -OCH3 is 2. The van der Waals surface area contributed by atoms with Crippen LogP contribution >= 0.6 is 23.1 Å². The molecule has 12 heteroatoms. The topological polar surface area (TPSA) is 135 Å². The lowest BCUT2D eigenvalue weighted by atomic mass is 9.68. The number of carbonyl (C=O) groups excluding carboxylic acids is 3. The van der Waals surface area contributed by atoms with Crippen LogP contribution in [0.15, 0.2) is 46.2 Å². The molecular weight excluding hydrogens is 580 g/mol. The lowest BCUT2D eigenvalue weighted by molar-refractivity contribution is -0.123. The second-order valence-corrected chi connectivity index (χ2v) is 13.2. The fraction of sp³-hybridized carbons (Fsp3) is 0.400. The largest absolute Gasteiger partial charge is 0.502 e. The highest BCUT2D eigenvalue weighted by molar-refractivity contribution is 8.00. The number of esters is 1. The van der Waals surface area contributed by atoms with Gasteiger partial charge in [-0.2, -0.15) is 0 Å². The molecule has 42 heavy (non-hydrogen) atoms. The van der Waals surface area contributed by atoms with Gasteiger partial charge in [-0.15, -0.1) is 11.8 Å². The van der Waals surface area contributed by atoms with Crippen molar-refractivity contribution in [3.8, 4) is 17.2 Å². The number of amides is 2. The molecule has 1 aromatic heterocycles. The van der Waals surface area contributed by atoms with Crippen LogP contribution in [0.4, 0.5) is 5.69 Å². The van der Waals surface area contributed by atoms with Crippen LogP contribution in [-0.2, 0) is 14.3 Å². The fourth-order valence-electron chi connectivity index (χ4n) is 7.70. The maximum atomic E-state index is 14.0. The number of carbonyl (C=O) groups is 3. The van der Waals surface area contributed by atoms with E-state index in [4.69, 9.17) is 14.2 Å². The number of benzene rings is 2. The van der Waals surface area contributed by atoms with E-state index in [1.807, 2.05) is 0 Å². The van der Waals surface area contributed by atoms with Gasteiger partial charge in [-0.25, -0.2) is 4.79 Å². The van der Waals surface area contributed by atoms with Crippen LogP contribution < -0.4 is 19.2 Å². The Bertz CT molecular complexity index is 1660. The van der Waals surface area contributed by atoms with Crippen molar-refractivity contribution in [2.24, 2.45) is 29.6 Å². The normalized spacial score (nSPS) is 28.8. The number of phenolic OH excluding ortho intramolecular Hbond substituents is 1. The number of aromatic hydroxyl groups is 1. The van der Waals surface area contributed by atoms with E-state index >= 15 is 0 Å². The molecule has 0 radical (unpaired) electrons. The van der Waals surface area contributed by atoms with Crippen molar-refractivity contribution in [2.45, 2.75) is 29.5 Å². The smallest absolute Gasteiger partial charge is 0.338 e. The molecule has 2 N–H and O–H groups in total. The van der Waals surface area contributed by atoms with Gasteiger partial charge in [0.15, 0.2) is 11.5 Å². The van der Waals surface area contributed by atoms with Gasteiger partial charge < -0.3 is 24.3 Å². The first kappa shape index (κ1) is 27.1. The number of nitrogens with zero attached hydrogens (tertiary/aromatic N) is 1. The summed E-state index contributed by atoms with van der Waals surface area (Å²) in [6, 6.07) is 9.92. The average molecular weight is 609 g/mol. The first-order valence-corrected chi connectivity index (χ1v) is 15.5. The summed E-state index contributed by atoms with van der Waals surface area (Å²) in [6.45, 7) is 1.98. The lowest BCUT2D eigenvalue weighted by Crippen LogP contribution is -2.42. The number of H-pyrrole nitrogens is 1. The number of ether oxygens (including phenoxy) is 3. The van der Waals surface area contributed by atoms with Crippen LogP contribution in [-0.4, -0.2) is 54.0 Å². The van der Waals surface area contributed by atoms with E-state index in [1.165, 1.54) is 19.1 Å². The van der Waals surface area contributed by atoms with E-state index in [0.29, 0.717) is 11.3 Å². The maximum absolute atomic E-state index is 14.0. The van der Waals surface area contributed by atoms with Gasteiger partial charge >= 0.3 is 10.8 Å². The predicted molar refractivity (Wildman–Crippen MR) is 155 cm³/mol. The van der Waals surface area contributed by atoms with E-state index in [2.05, 4.69) is 4.98 Å². The molecule has 7 atom stereocenters. The molecule has 2 aromatic carbocycles. The maximum Gasteiger partial charge on any atom is 0.338 e. The zero-order chi connectivity index (χ0) is 29.4. The minimum absolute atomic E-state index is 0.00711. The molecule has 2 bridgehead atoms. The molecule has 218 valence electrons. The molecule has 7 unspecified atom stereocenters. The number of nitrogens with one attached hydrogen (secondary N) is 1. The van der Waals surface area contributed by atoms with Crippen LogP contribution in [0, 0.1) is 29.6 Å². The standard InChI is InChI=1S/C30H28N2O8S2/c1-4-40-29(36)12-5-7-14(8-6-12)32-27(34)21-15-11-16(22(21)28(32)35)24-20(15)19(25-26(41-24)31-30(37)42-25)13-9-17(38-2)23(33)18(10-13)39-3/h5-10,15-16,19-22,24,33H,4,11H2,1-3H3,(H,31,37). The number of hydrogen-bond acceptors (Lipinski definition) is 10. The van der Waals surface area contributed by atoms with Gasteiger partial charge in [-0.1, -0.05) is 11.3 Å². The second-order valence-electron chi connectivity index (χ2n) is 11.0. The molecule has 2 saturated carbocycles. The summed E-state index contributed by atoms with van der Waals surface area (Å²) >= 11 is 2.76. The summed E-state index contributed by atoms with van der Waals surface area (Å²) in [7, 11) is 2.94. The number of fused-ring (bicyclic) bond motifs is 9. The Labute approximate surface area is 249 Å². The highest BCUT2D eigenvalue weighted by atomic mass is 32.2. The summed E-state index contributed by atoms with van der Waals surface area (Å²) in [5.74, 6) is -1.82. The summed E-state index contributed by atoms with van der Waals surface area (Å²) in [5, 5.41) is 11.4. The van der Waals surface area contributed by atoms with Gasteiger partial charge in [0.25, 0.3) is 0 Å². The van der Waals surface area contributed by atoms with E-state index in [9.17, 15) is 24.3 Å². The lowest BCUT2D eigenvalue weighted by Gasteiger charge is -2.43. The molecule has 3 aromatic rings. The molecule has 7 rings (SSSR count). The summed E-state index contributed by atoms with van der Waals surface area (Å²) < 4.78 is 16.0. The first-order chi connectivity index (χ1) is 20.3. The van der Waals surface area contributed by atoms with E-state index in [-0.39, 0.29) is 69.5 Å². The van der Waals surface area contributed by atoms with Gasteiger partial charge in [-0.3, -0.25) is 19.3 Å². The van der Waals surface area contributed by atoms with Crippen molar-refractivity contribution >= 4 is 46.6 Å². The van der Waals surface area contributed by atoms with Crippen molar-refractivity contribution in [2.75, 3.05) is 25.7 Å². The molecule has 0 spiro atoms. The van der Waals surface area contributed by atoms with Crippen LogP contribution in [0.2, 0.25) is 0 Å². The number of anilines is 1. The van der Waals surface area contributed by atoms with E-state index in [1.54, 1.807) is 55.1 Å². The second kappa shape index (κ2) is 9.91. The molecular formula is C30H28N2O8S2. The highest BCUT2D eigenvalue weighted by Gasteiger charge is 2.69. The number of hydrogen-bond donors (Lipinski definition) is 2. The molecule has 4 aliphatic rings. The number of phenols is 1. The number of aromatic amines is 1. The molecule has 3 fully saturated rings. The van der Waals surface area contributed by atoms with Crippen molar-refractivity contribution in [3.05, 3.63) is 62.1 Å². The Morgan fingerprint density at radius 1 is 1.02 bits per heavy atom. The van der Waals surface area contributed by atoms with Crippen LogP contribution in [0.3, 0.4) is 0 Å². The van der Waals surface area contributed by atoms with Crippen molar-refractivity contribution in [1.82, 2.24) is 4.98 Å². The zero-order valence-corrected chi connectivity index (χ0v) is 24.6. The van der Waals surface area contributed by atoms with Gasteiger partial charge in [0.2, 0.25) is 17.6 Å². The summed E-state index contributed by atoms with van der Waals surface area (Å²) in [4.78, 5) is 57.5. The molecule has 10 nitrogen and oxygen atoms in total. The predicted octanol–water partition coefficient (Wildman–Crippen LogP) is 4.01. The minimum atomic E-state index is -0.477. The summed E-state index contributed by atoms with van der Waals surface area (Å²) in [6.07, 6.45) is 0.743. The summed E-state index contributed by atoms with van der Waals surface area (Å²) in [5.41, 5.74) is 1.61. The quantitative estimate of drug-likeness (QED) is 0.314. The number of rotatable bonds is 6. The molecule has 3 heterocycles. The monoisotopic (exact) mass is 608 g/mol. The number of imide groups is 1. The van der Waals surface area contributed by atoms with Crippen LogP contribution in [0.25, 0.3) is 0 Å². The van der Waals surface area contributed by atoms with Gasteiger partial charge in [0, 0.05) is 16.0 Å². The molecule has 2 aliphatic carbocycles. The van der Waals surface area contributed by atoms with Gasteiger partial charge in [0.1, 0.15) is 0 Å². The number of aromatic nitrogens is 1. The Balaban J connectivity index is 1.28. The Morgan fingerprint density at radius 3 is 2.29 bits per heavy atom. The van der Waals surface area contributed by atoms with Gasteiger partial charge in [-0.05, 0) is 73.1 Å². The molecule has 2 amide bonds. The Morgan fingerprint density at radius 2 is 1.67 bits per heavy atom. The third kappa shape index (κ3) is 3.77. The third-order valence-corrected chi connectivity index (χ3v) is 11.8. The Kier molecular flexibility index (Phi) is 6.39. The number of thiazole rings is 1. The van der Waals surface area contributed by atoms with Crippen LogP contribution in [0.1, 0.15) is 40.1 Å². The highest BCUT2D eigenvalue weighted by Crippen LogP contribution is 2.69. The van der Waals surface area contributed by atoms with Crippen molar-refractivity contribution < 1.29 is 33.7 Å². The zero-order valence-electron chi connectivity index (χ0n) is 23.0. The third-order valence-electron chi connectivity index (χ3n) is 9.22. The van der Waals surface area contributed by atoms with E-state index < -0.39 is 17.8 Å². The SMILES string of the molecule is CCOC(=O)c1ccc(N2C(=O)C3C4CC(C3C2=O)C2C(c3cc(OC)c(O)c(OC)c3)c3sc(=O)[nH]c3SC42)cc1. The van der Waals surface area contributed by atoms with Crippen molar-refractivity contribution in [3.63, 3.8) is 0 Å². The molecule has 2 aliphatic heterocycles. The Hall–Kier alpha value is -3.77. The minimum Gasteiger partial charge on any atom is -0.502 e. The van der Waals surface area contributed by atoms with Gasteiger partial charge in [0.05, 0.1) is 48.9 Å². The average Bonchev–Trinajstić information content (AvgIpc) is 3.72. The van der Waals surface area contributed by atoms with Crippen molar-refractivity contribution in [1.29, 1.82) is 0 Å². The first-order valence-electron chi connectivity index (χ1n) is 13.8.